The van der Waals surface area contributed by atoms with Crippen LogP contribution in [0.3, 0.4) is 0 Å². The molecule has 0 amide bonds. The number of hydrogen-bond donors (Lipinski definition) is 0. The molecular formula is C56H86O6S2Zn. The smallest absolute Gasteiger partial charge is 0.744 e. The molecule has 0 N–H and O–H groups in total. The number of rotatable bonds is 34. The van der Waals surface area contributed by atoms with E-state index >= 15 is 0 Å². The third-order valence-corrected chi connectivity index (χ3v) is 15.0. The Labute approximate surface area is 410 Å². The van der Waals surface area contributed by atoms with Crippen molar-refractivity contribution in [2.45, 2.75) is 243 Å². The Bertz CT molecular complexity index is 1960. The standard InChI is InChI=1S/2C28H44O3S.Zn/c2*1-3-5-7-9-11-13-15-18-24-20-17-21-25-22-23-26(28(27(24)25)32(29,30)31)19-16-14-12-10-8-6-4-2;/h2*17,20-23H,3-16,18-19H2,1-2H3,(H,29,30,31);/q;;+2/p-2. The Morgan fingerprint density at radius 2 is 0.569 bits per heavy atom. The Morgan fingerprint density at radius 3 is 0.831 bits per heavy atom. The van der Waals surface area contributed by atoms with E-state index in [1.807, 2.05) is 60.7 Å². The molecule has 0 unspecified atom stereocenters. The summed E-state index contributed by atoms with van der Waals surface area (Å²) in [6, 6.07) is 19.5. The van der Waals surface area contributed by atoms with Gasteiger partial charge in [-0.05, 0) is 84.4 Å². The van der Waals surface area contributed by atoms with Crippen LogP contribution >= 0.6 is 0 Å². The van der Waals surface area contributed by atoms with Crippen molar-refractivity contribution in [3.8, 4) is 0 Å². The molecule has 4 aromatic rings. The fourth-order valence-electron chi connectivity index (χ4n) is 9.40. The van der Waals surface area contributed by atoms with Gasteiger partial charge < -0.3 is 9.11 Å². The minimum absolute atomic E-state index is 0. The van der Waals surface area contributed by atoms with Crippen molar-refractivity contribution in [3.63, 3.8) is 0 Å². The monoisotopic (exact) mass is 983 g/mol. The summed E-state index contributed by atoms with van der Waals surface area (Å²) in [5, 5.41) is 3.08. The molecule has 360 valence electrons. The topological polar surface area (TPSA) is 114 Å². The van der Waals surface area contributed by atoms with Gasteiger partial charge in [0.1, 0.15) is 20.2 Å². The normalized spacial score (nSPS) is 11.8. The maximum atomic E-state index is 12.3. The van der Waals surface area contributed by atoms with Gasteiger partial charge in [0.2, 0.25) is 0 Å². The average molecular weight is 985 g/mol. The Hall–Kier alpha value is -2.16. The summed E-state index contributed by atoms with van der Waals surface area (Å²) in [7, 11) is -9.07. The molecule has 0 aliphatic carbocycles. The van der Waals surface area contributed by atoms with Gasteiger partial charge >= 0.3 is 19.5 Å². The molecule has 9 heteroatoms. The van der Waals surface area contributed by atoms with Gasteiger partial charge in [-0.15, -0.1) is 0 Å². The molecule has 0 aliphatic heterocycles. The fourth-order valence-corrected chi connectivity index (χ4v) is 11.4. The van der Waals surface area contributed by atoms with Crippen LogP contribution in [0.5, 0.6) is 0 Å². The van der Waals surface area contributed by atoms with Crippen LogP contribution in [0.4, 0.5) is 0 Å². The minimum Gasteiger partial charge on any atom is -0.744 e. The third-order valence-electron chi connectivity index (χ3n) is 13.0. The van der Waals surface area contributed by atoms with Gasteiger partial charge in [-0.3, -0.25) is 0 Å². The molecule has 0 saturated heterocycles. The second kappa shape index (κ2) is 34.2. The molecule has 0 saturated carbocycles. The summed E-state index contributed by atoms with van der Waals surface area (Å²) in [4.78, 5) is 0.0825. The Balaban J connectivity index is 0.000000440. The predicted molar refractivity (Wildman–Crippen MR) is 271 cm³/mol. The maximum absolute atomic E-state index is 12.3. The van der Waals surface area contributed by atoms with Gasteiger partial charge in [0.25, 0.3) is 0 Å². The summed E-state index contributed by atoms with van der Waals surface area (Å²) in [5.74, 6) is 0. The maximum Gasteiger partial charge on any atom is 2.00 e. The van der Waals surface area contributed by atoms with Gasteiger partial charge in [0.15, 0.2) is 0 Å². The second-order valence-electron chi connectivity index (χ2n) is 18.5. The quantitative estimate of drug-likeness (QED) is 0.0262. The van der Waals surface area contributed by atoms with Crippen LogP contribution in [0.15, 0.2) is 70.5 Å². The van der Waals surface area contributed by atoms with Gasteiger partial charge in [0, 0.05) is 10.8 Å². The van der Waals surface area contributed by atoms with Crippen LogP contribution in [0.2, 0.25) is 0 Å². The molecule has 0 radical (unpaired) electrons. The molecule has 0 aliphatic rings. The van der Waals surface area contributed by atoms with Crippen LogP contribution < -0.4 is 0 Å². The van der Waals surface area contributed by atoms with Gasteiger partial charge in [-0.1, -0.05) is 242 Å². The third kappa shape index (κ3) is 22.2. The average Bonchev–Trinajstić information content (AvgIpc) is 3.27. The van der Waals surface area contributed by atoms with Crippen LogP contribution in [-0.4, -0.2) is 25.9 Å². The van der Waals surface area contributed by atoms with E-state index in [1.165, 1.54) is 128 Å². The van der Waals surface area contributed by atoms with E-state index in [1.54, 1.807) is 0 Å². The van der Waals surface area contributed by atoms with Crippen molar-refractivity contribution in [2.75, 3.05) is 0 Å². The van der Waals surface area contributed by atoms with E-state index in [2.05, 4.69) is 27.7 Å². The van der Waals surface area contributed by atoms with Gasteiger partial charge in [-0.2, -0.15) is 0 Å². The zero-order chi connectivity index (χ0) is 46.5. The van der Waals surface area contributed by atoms with Crippen LogP contribution in [0.1, 0.15) is 230 Å². The summed E-state index contributed by atoms with van der Waals surface area (Å²) in [6.45, 7) is 8.88. The van der Waals surface area contributed by atoms with Crippen LogP contribution in [0.25, 0.3) is 21.5 Å². The molecule has 0 spiro atoms. The van der Waals surface area contributed by atoms with E-state index in [4.69, 9.17) is 0 Å². The van der Waals surface area contributed by atoms with Crippen molar-refractivity contribution in [1.82, 2.24) is 0 Å². The van der Waals surface area contributed by atoms with E-state index in [0.29, 0.717) is 34.7 Å². The largest absolute Gasteiger partial charge is 2.00 e. The molecule has 0 atom stereocenters. The van der Waals surface area contributed by atoms with Crippen LogP contribution in [0, 0.1) is 0 Å². The van der Waals surface area contributed by atoms with Crippen molar-refractivity contribution in [2.24, 2.45) is 0 Å². The van der Waals surface area contributed by atoms with Gasteiger partial charge in [0.05, 0.1) is 9.79 Å². The van der Waals surface area contributed by atoms with E-state index in [-0.39, 0.29) is 29.3 Å². The molecule has 4 rings (SSSR count). The first kappa shape index (κ1) is 59.0. The first-order chi connectivity index (χ1) is 31.0. The molecule has 65 heavy (non-hydrogen) atoms. The zero-order valence-electron chi connectivity index (χ0n) is 41.4. The zero-order valence-corrected chi connectivity index (χ0v) is 46.0. The fraction of sp³-hybridized carbons (Fsp3) is 0.643. The number of unbranched alkanes of at least 4 members (excludes halogenated alkanes) is 24. The van der Waals surface area contributed by atoms with E-state index < -0.39 is 20.2 Å². The molecule has 6 nitrogen and oxygen atoms in total. The van der Waals surface area contributed by atoms with Gasteiger partial charge in [-0.25, -0.2) is 16.8 Å². The summed E-state index contributed by atoms with van der Waals surface area (Å²) in [6.07, 6.45) is 36.5. The van der Waals surface area contributed by atoms with E-state index in [0.717, 1.165) is 86.1 Å². The minimum atomic E-state index is -4.53. The SMILES string of the molecule is CCCCCCCCCc1ccc2cccc(CCCCCCCCC)c2c1S(=O)(=O)[O-].CCCCCCCCCc1ccc2cccc(CCCCCCCCC)c2c1S(=O)(=O)[O-].[Zn+2]. The number of aryl methyl sites for hydroxylation is 4. The first-order valence-electron chi connectivity index (χ1n) is 26.0. The molecule has 4 aromatic carbocycles. The summed E-state index contributed by atoms with van der Waals surface area (Å²) >= 11 is 0. The van der Waals surface area contributed by atoms with Crippen molar-refractivity contribution >= 4 is 41.8 Å². The Morgan fingerprint density at radius 1 is 0.323 bits per heavy atom. The predicted octanol–water partition coefficient (Wildman–Crippen LogP) is 16.7. The number of benzene rings is 4. The molecule has 0 aromatic heterocycles. The molecule has 0 heterocycles. The Kier molecular flexibility index (Phi) is 31.0. The summed E-state index contributed by atoms with van der Waals surface area (Å²) in [5.41, 5.74) is 3.42. The van der Waals surface area contributed by atoms with Crippen molar-refractivity contribution in [3.05, 3.63) is 82.9 Å². The second-order valence-corrected chi connectivity index (χ2v) is 21.2. The number of hydrogen-bond acceptors (Lipinski definition) is 6. The van der Waals surface area contributed by atoms with Crippen molar-refractivity contribution in [1.29, 1.82) is 0 Å². The van der Waals surface area contributed by atoms with Crippen LogP contribution in [-0.2, 0) is 65.4 Å². The molecule has 0 bridgehead atoms. The van der Waals surface area contributed by atoms with Crippen molar-refractivity contribution < 1.29 is 45.4 Å². The first-order valence-corrected chi connectivity index (χ1v) is 28.8. The van der Waals surface area contributed by atoms with E-state index in [9.17, 15) is 25.9 Å². The molecule has 0 fully saturated rings. The summed E-state index contributed by atoms with van der Waals surface area (Å²) < 4.78 is 74.1. The number of fused-ring (bicyclic) bond motifs is 2. The molecular weight excluding hydrogens is 898 g/mol.